The van der Waals surface area contributed by atoms with Crippen LogP contribution in [0.3, 0.4) is 0 Å². The molecule has 69 heavy (non-hydrogen) atoms. The van der Waals surface area contributed by atoms with Crippen LogP contribution in [0.15, 0.2) is 72.8 Å². The Kier molecular flexibility index (Phi) is 12.7. The normalized spacial score (nSPS) is 22.7. The van der Waals surface area contributed by atoms with E-state index in [-0.39, 0.29) is 51.6 Å². The lowest BCUT2D eigenvalue weighted by atomic mass is 9.84. The van der Waals surface area contributed by atoms with Crippen molar-refractivity contribution in [2.24, 2.45) is 17.8 Å². The number of amides is 4. The van der Waals surface area contributed by atoms with E-state index < -0.39 is 24.3 Å². The molecule has 8 atom stereocenters. The minimum atomic E-state index is -0.709. The van der Waals surface area contributed by atoms with Gasteiger partial charge in [-0.3, -0.25) is 9.59 Å². The Balaban J connectivity index is 0.901. The van der Waals surface area contributed by atoms with Crippen LogP contribution >= 0.6 is 22.6 Å². The zero-order valence-electron chi connectivity index (χ0n) is 40.3. The van der Waals surface area contributed by atoms with E-state index in [1.54, 1.807) is 0 Å². The molecule has 7 aliphatic rings. The first-order chi connectivity index (χ1) is 33.2. The lowest BCUT2D eigenvalue weighted by Gasteiger charge is -2.31. The van der Waals surface area contributed by atoms with E-state index >= 15 is 0 Å². The van der Waals surface area contributed by atoms with Crippen LogP contribution in [0.25, 0.3) is 44.3 Å². The average molecular weight is 1050 g/mol. The maximum atomic E-state index is 14.1. The molecule has 0 spiro atoms. The Hall–Kier alpha value is -5.97. The summed E-state index contributed by atoms with van der Waals surface area (Å²) >= 11 is 2.41. The van der Waals surface area contributed by atoms with Crippen LogP contribution in [0.5, 0.6) is 0 Å². The Morgan fingerprint density at radius 3 is 1.91 bits per heavy atom. The molecule has 13 rings (SSSR count). The van der Waals surface area contributed by atoms with Crippen molar-refractivity contribution in [3.8, 4) is 22.3 Å². The van der Waals surface area contributed by atoms with Crippen LogP contribution in [0, 0.1) is 17.8 Å². The van der Waals surface area contributed by atoms with Crippen molar-refractivity contribution in [1.82, 2.24) is 40.4 Å². The fraction of sp³-hybridized carbons (Fsp3) is 0.444. The molecular formula is C54H61IN8O6. The summed E-state index contributed by atoms with van der Waals surface area (Å²) in [7, 11) is 2.62. The number of nitrogens with one attached hydrogen (secondary N) is 4. The Morgan fingerprint density at radius 2 is 1.29 bits per heavy atom. The maximum Gasteiger partial charge on any atom is 0.407 e. The number of H-pyrrole nitrogens is 2. The molecule has 4 amide bonds. The highest BCUT2D eigenvalue weighted by atomic mass is 127. The molecule has 360 valence electrons. The van der Waals surface area contributed by atoms with Gasteiger partial charge in [0.15, 0.2) is 0 Å². The minimum Gasteiger partial charge on any atom is -0.453 e. The van der Waals surface area contributed by atoms with Crippen LogP contribution in [-0.2, 0) is 38.3 Å². The third-order valence-electron chi connectivity index (χ3n) is 15.0. The summed E-state index contributed by atoms with van der Waals surface area (Å²) in [5.41, 5.74) is 13.3. The lowest BCUT2D eigenvalue weighted by molar-refractivity contribution is -0.137. The number of rotatable bonds is 10. The Labute approximate surface area is 416 Å². The van der Waals surface area contributed by atoms with Crippen molar-refractivity contribution < 1.29 is 28.7 Å². The number of ether oxygens (including phenoxy) is 2. The Morgan fingerprint density at radius 1 is 0.696 bits per heavy atom. The number of fused-ring (bicyclic) bond motifs is 3. The molecule has 2 aliphatic heterocycles. The fourth-order valence-electron chi connectivity index (χ4n) is 11.1. The molecule has 6 aromatic rings. The van der Waals surface area contributed by atoms with Gasteiger partial charge in [-0.2, -0.15) is 0 Å². The van der Waals surface area contributed by atoms with E-state index in [4.69, 9.17) is 19.4 Å². The highest BCUT2D eigenvalue weighted by Crippen LogP contribution is 2.53. The van der Waals surface area contributed by atoms with E-state index in [2.05, 4.69) is 123 Å². The average Bonchev–Trinajstić information content (AvgIpc) is 3.72. The molecule has 0 radical (unpaired) electrons. The number of carbonyl (C=O) groups excluding carboxylic acids is 4. The van der Waals surface area contributed by atoms with Crippen molar-refractivity contribution >= 4 is 68.7 Å². The van der Waals surface area contributed by atoms with E-state index in [1.807, 2.05) is 37.5 Å². The number of likely N-dealkylation sites (tertiary alicyclic amines) is 2. The summed E-state index contributed by atoms with van der Waals surface area (Å²) < 4.78 is 9.95. The van der Waals surface area contributed by atoms with Crippen LogP contribution in [0.1, 0.15) is 106 Å². The predicted molar refractivity (Wildman–Crippen MR) is 274 cm³/mol. The smallest absolute Gasteiger partial charge is 0.407 e. The van der Waals surface area contributed by atoms with Crippen molar-refractivity contribution in [3.63, 3.8) is 0 Å². The van der Waals surface area contributed by atoms with Crippen LogP contribution < -0.4 is 10.6 Å². The van der Waals surface area contributed by atoms with Gasteiger partial charge >= 0.3 is 12.2 Å². The van der Waals surface area contributed by atoms with Gasteiger partial charge in [-0.1, -0.05) is 106 Å². The summed E-state index contributed by atoms with van der Waals surface area (Å²) in [6.45, 7) is 10.6. The summed E-state index contributed by atoms with van der Waals surface area (Å²) in [5, 5.41) is 5.54. The number of aromatic nitrogens is 4. The van der Waals surface area contributed by atoms with Crippen molar-refractivity contribution in [2.75, 3.05) is 20.8 Å². The van der Waals surface area contributed by atoms with Gasteiger partial charge in [-0.05, 0) is 131 Å². The second-order valence-corrected chi connectivity index (χ2v) is 22.1. The number of hydrogen-bond acceptors (Lipinski definition) is 8. The molecule has 2 saturated heterocycles. The first kappa shape index (κ1) is 46.7. The predicted octanol–water partition coefficient (Wildman–Crippen LogP) is 9.72. The third kappa shape index (κ3) is 9.07. The topological polar surface area (TPSA) is 175 Å². The summed E-state index contributed by atoms with van der Waals surface area (Å²) in [5.74, 6) is 1.75. The van der Waals surface area contributed by atoms with Crippen LogP contribution in [0.4, 0.5) is 9.59 Å². The van der Waals surface area contributed by atoms with Gasteiger partial charge in [-0.15, -0.1) is 0 Å². The number of carbonyl (C=O) groups is 4. The molecule has 14 nitrogen and oxygen atoms in total. The number of hydrogen-bond donors (Lipinski definition) is 4. The molecular weight excluding hydrogens is 984 g/mol. The van der Waals surface area contributed by atoms with Crippen LogP contribution in [-0.4, -0.2) is 96.6 Å². The quantitative estimate of drug-likeness (QED) is 0.0775. The summed E-state index contributed by atoms with van der Waals surface area (Å²) in [6, 6.07) is 25.2. The minimum absolute atomic E-state index is 0.0881. The highest BCUT2D eigenvalue weighted by Gasteiger charge is 2.56. The molecule has 4 bridgehead atoms. The number of methoxy groups -OCH3 is 2. The number of aromatic amines is 2. The second kappa shape index (κ2) is 18.7. The second-order valence-electron chi connectivity index (χ2n) is 20.3. The number of imidazole rings is 2. The van der Waals surface area contributed by atoms with E-state index in [9.17, 15) is 19.2 Å². The molecule has 2 aromatic heterocycles. The number of alkyl carbamates (subject to hydrolysis) is 2. The molecule has 0 unspecified atom stereocenters. The van der Waals surface area contributed by atoms with Gasteiger partial charge in [0, 0.05) is 16.5 Å². The number of nitrogens with zero attached hydrogens (tertiary/aromatic N) is 4. The standard InChI is InChI=1S/C54H61IN8O6/c1-27(2)47(60-53(66)68-6)51(64)62-26-37(55)25-45(62)49-56-40-16-14-34(21-42(40)58-49)38-19-30-8-10-31-12-13-32(29(5)18-33(38)11-9-30)20-39(31)35-15-17-41-43(22-35)59-50(57-41)46-24-36-23-44(36)63(46)52(65)48(28(3)4)61-54(67)69-7/h9,11-17,19-22,27-29,36-37,44-48H,8,10,18,23-26H2,1-7H3,(H,56,58)(H,57,59)(H,60,66)(H,61,67)/t29-,36-,37-,44-,45+,46+,47+,48+/m1/s1. The monoisotopic (exact) mass is 1040 g/mol. The fourth-order valence-corrected chi connectivity index (χ4v) is 12.0. The first-order valence-electron chi connectivity index (χ1n) is 24.4. The number of piperidine rings is 1. The summed E-state index contributed by atoms with van der Waals surface area (Å²) in [4.78, 5) is 73.6. The largest absolute Gasteiger partial charge is 0.453 e. The Bertz CT molecular complexity index is 2980. The lowest BCUT2D eigenvalue weighted by Crippen LogP contribution is -2.52. The number of alkyl halides is 1. The zero-order valence-corrected chi connectivity index (χ0v) is 42.4. The van der Waals surface area contributed by atoms with Crippen molar-refractivity contribution in [2.45, 2.75) is 113 Å². The number of benzene rings is 4. The van der Waals surface area contributed by atoms with E-state index in [0.717, 1.165) is 83.4 Å². The molecule has 1 saturated carbocycles. The molecule has 4 heterocycles. The van der Waals surface area contributed by atoms with E-state index in [0.29, 0.717) is 12.5 Å². The molecule has 15 heteroatoms. The number of halogens is 1. The summed E-state index contributed by atoms with van der Waals surface area (Å²) in [6.07, 6.45) is 3.93. The third-order valence-corrected chi connectivity index (χ3v) is 15.9. The first-order valence-corrected chi connectivity index (χ1v) is 25.6. The van der Waals surface area contributed by atoms with E-state index in [1.165, 1.54) is 47.6 Å². The van der Waals surface area contributed by atoms with Crippen LogP contribution in [0.2, 0.25) is 0 Å². The molecule has 4 N–H and O–H groups in total. The van der Waals surface area contributed by atoms with Gasteiger partial charge in [0.2, 0.25) is 11.8 Å². The van der Waals surface area contributed by atoms with Crippen molar-refractivity contribution in [1.29, 1.82) is 0 Å². The maximum absolute atomic E-state index is 14.1. The number of aryl methyl sites for hydroxylation is 2. The molecule has 5 aliphatic carbocycles. The van der Waals surface area contributed by atoms with Crippen molar-refractivity contribution in [3.05, 3.63) is 107 Å². The SMILES string of the molecule is COC(=O)N[C@H](C(=O)N1C[C@H](I)C[C@H]1c1nc2ccc(-c3cc4ccc3C[C@@H](C)c3ccc(c(-c5ccc6nc([C@@H]7C[C@H]8C[C@H]8N7C(=O)[C@@H](NC(=O)OC)C(C)C)[nH]c6c5)c3)CC4)cc2[nH]1)C(C)C. The highest BCUT2D eigenvalue weighted by molar-refractivity contribution is 14.1. The van der Waals surface area contributed by atoms with Gasteiger partial charge < -0.3 is 39.9 Å². The van der Waals surface area contributed by atoms with Gasteiger partial charge in [0.1, 0.15) is 23.7 Å². The van der Waals surface area contributed by atoms with Gasteiger partial charge in [0.05, 0.1) is 48.4 Å². The van der Waals surface area contributed by atoms with Gasteiger partial charge in [-0.25, -0.2) is 19.6 Å². The van der Waals surface area contributed by atoms with Gasteiger partial charge in [0.25, 0.3) is 0 Å². The zero-order chi connectivity index (χ0) is 48.4. The molecule has 3 fully saturated rings. The molecule has 4 aromatic carbocycles.